The van der Waals surface area contributed by atoms with E-state index in [1.165, 1.54) is 35.6 Å². The van der Waals surface area contributed by atoms with Gasteiger partial charge in [-0.2, -0.15) is 0 Å². The van der Waals surface area contributed by atoms with Crippen LogP contribution in [0.3, 0.4) is 0 Å². The maximum Gasteiger partial charge on any atom is 0.132 e. The Morgan fingerprint density at radius 2 is 2.27 bits per heavy atom. The lowest BCUT2D eigenvalue weighted by molar-refractivity contribution is 0.128. The van der Waals surface area contributed by atoms with E-state index in [-0.39, 0.29) is 6.04 Å². The van der Waals surface area contributed by atoms with Crippen LogP contribution in [0.15, 0.2) is 29.0 Å². The summed E-state index contributed by atoms with van der Waals surface area (Å²) in [4.78, 5) is 5.87. The number of thiazole rings is 1. The number of aromatic nitrogens is 1. The van der Waals surface area contributed by atoms with E-state index in [1.807, 2.05) is 23.6 Å². The Hall–Kier alpha value is -1.17. The molecule has 2 aromatic rings. The minimum Gasteiger partial charge on any atom is -0.467 e. The molecule has 0 amide bonds. The minimum absolute atomic E-state index is 0.220. The number of rotatable bonds is 7. The molecule has 0 aromatic carbocycles. The van der Waals surface area contributed by atoms with Gasteiger partial charge in [0, 0.05) is 29.6 Å². The highest BCUT2D eigenvalue weighted by molar-refractivity contribution is 7.11. The van der Waals surface area contributed by atoms with E-state index in [0.717, 1.165) is 6.54 Å². The molecule has 2 N–H and O–H groups in total. The molecule has 1 aliphatic carbocycles. The maximum atomic E-state index is 10.1. The van der Waals surface area contributed by atoms with Gasteiger partial charge in [0.2, 0.25) is 0 Å². The summed E-state index contributed by atoms with van der Waals surface area (Å²) in [5, 5.41) is 14.8. The van der Waals surface area contributed by atoms with Crippen LogP contribution < -0.4 is 5.32 Å². The molecule has 22 heavy (non-hydrogen) atoms. The van der Waals surface area contributed by atoms with Gasteiger partial charge in [0.25, 0.3) is 0 Å². The molecule has 5 heteroatoms. The first-order valence-corrected chi connectivity index (χ1v) is 8.93. The molecule has 2 unspecified atom stereocenters. The number of hydrogen-bond acceptors (Lipinski definition) is 5. The Kier molecular flexibility index (Phi) is 5.28. The third kappa shape index (κ3) is 3.97. The van der Waals surface area contributed by atoms with E-state index < -0.39 is 6.10 Å². The maximum absolute atomic E-state index is 10.1. The summed E-state index contributed by atoms with van der Waals surface area (Å²) in [5.74, 6) is 1.33. The van der Waals surface area contributed by atoms with E-state index in [9.17, 15) is 5.11 Å². The minimum atomic E-state index is -0.548. The van der Waals surface area contributed by atoms with Crippen molar-refractivity contribution in [3.63, 3.8) is 0 Å². The standard InChI is InChI=1S/C17H24N2O2S/c1-12(9-15(20)16-7-4-8-21-16)18-10-14-11-19-17(22-14)13-5-2-3-6-13/h4,7-8,11-13,15,18,20H,2-3,5-6,9-10H2,1H3. The van der Waals surface area contributed by atoms with Crippen molar-refractivity contribution in [3.8, 4) is 0 Å². The van der Waals surface area contributed by atoms with Crippen molar-refractivity contribution in [3.05, 3.63) is 40.2 Å². The molecule has 0 spiro atoms. The van der Waals surface area contributed by atoms with Gasteiger partial charge in [-0.25, -0.2) is 4.98 Å². The summed E-state index contributed by atoms with van der Waals surface area (Å²) in [6, 6.07) is 3.84. The van der Waals surface area contributed by atoms with Crippen LogP contribution in [0, 0.1) is 0 Å². The average molecular weight is 320 g/mol. The molecule has 0 saturated heterocycles. The second-order valence-corrected chi connectivity index (χ2v) is 7.34. The SMILES string of the molecule is CC(CC(O)c1ccco1)NCc1cnc(C2CCCC2)s1. The van der Waals surface area contributed by atoms with Crippen molar-refractivity contribution in [2.45, 2.75) is 63.6 Å². The summed E-state index contributed by atoms with van der Waals surface area (Å²) >= 11 is 1.83. The average Bonchev–Trinajstić information content (AvgIpc) is 3.25. The molecule has 2 aromatic heterocycles. The van der Waals surface area contributed by atoms with Crippen LogP contribution in [0.4, 0.5) is 0 Å². The highest BCUT2D eigenvalue weighted by atomic mass is 32.1. The van der Waals surface area contributed by atoms with E-state index in [4.69, 9.17) is 4.42 Å². The van der Waals surface area contributed by atoms with Crippen molar-refractivity contribution < 1.29 is 9.52 Å². The summed E-state index contributed by atoms with van der Waals surface area (Å²) in [6.07, 6.45) is 8.98. The van der Waals surface area contributed by atoms with Gasteiger partial charge in [0.15, 0.2) is 0 Å². The Morgan fingerprint density at radius 1 is 1.45 bits per heavy atom. The Labute approximate surface area is 135 Å². The molecule has 0 radical (unpaired) electrons. The van der Waals surface area contributed by atoms with Crippen LogP contribution in [0.5, 0.6) is 0 Å². The smallest absolute Gasteiger partial charge is 0.132 e. The van der Waals surface area contributed by atoms with E-state index in [0.29, 0.717) is 18.1 Å². The number of hydrogen-bond donors (Lipinski definition) is 2. The van der Waals surface area contributed by atoms with Crippen molar-refractivity contribution >= 4 is 11.3 Å². The molecule has 120 valence electrons. The second kappa shape index (κ2) is 7.40. The molecule has 1 saturated carbocycles. The fourth-order valence-corrected chi connectivity index (χ4v) is 4.09. The van der Waals surface area contributed by atoms with Crippen LogP contribution in [0.1, 0.15) is 66.7 Å². The fraction of sp³-hybridized carbons (Fsp3) is 0.588. The molecule has 3 rings (SSSR count). The van der Waals surface area contributed by atoms with Crippen LogP contribution in [0.2, 0.25) is 0 Å². The number of furan rings is 1. The number of aliphatic hydroxyl groups excluding tert-OH is 1. The molecule has 1 aliphatic rings. The molecule has 2 atom stereocenters. The number of nitrogens with one attached hydrogen (secondary N) is 1. The molecule has 1 fully saturated rings. The molecule has 2 heterocycles. The molecule has 0 aliphatic heterocycles. The van der Waals surface area contributed by atoms with E-state index >= 15 is 0 Å². The van der Waals surface area contributed by atoms with Gasteiger partial charge < -0.3 is 14.8 Å². The predicted octanol–water partition coefficient (Wildman–Crippen LogP) is 4.00. The Bertz CT molecular complexity index is 561. The van der Waals surface area contributed by atoms with Gasteiger partial charge in [-0.05, 0) is 38.3 Å². The van der Waals surface area contributed by atoms with Crippen LogP contribution in [0.25, 0.3) is 0 Å². The van der Waals surface area contributed by atoms with Crippen molar-refractivity contribution in [1.82, 2.24) is 10.3 Å². The zero-order valence-corrected chi connectivity index (χ0v) is 13.8. The van der Waals surface area contributed by atoms with E-state index in [2.05, 4.69) is 17.2 Å². The lowest BCUT2D eigenvalue weighted by Crippen LogP contribution is -2.27. The summed E-state index contributed by atoms with van der Waals surface area (Å²) in [5.41, 5.74) is 0. The van der Waals surface area contributed by atoms with Crippen molar-refractivity contribution in [1.29, 1.82) is 0 Å². The number of aliphatic hydroxyl groups is 1. The lowest BCUT2D eigenvalue weighted by Gasteiger charge is -2.16. The first kappa shape index (κ1) is 15.7. The van der Waals surface area contributed by atoms with Gasteiger partial charge in [-0.1, -0.05) is 12.8 Å². The van der Waals surface area contributed by atoms with Crippen molar-refractivity contribution in [2.24, 2.45) is 0 Å². The highest BCUT2D eigenvalue weighted by Crippen LogP contribution is 2.36. The summed E-state index contributed by atoms with van der Waals surface area (Å²) in [6.45, 7) is 2.90. The molecule has 0 bridgehead atoms. The van der Waals surface area contributed by atoms with Gasteiger partial charge in [0.1, 0.15) is 11.9 Å². The topological polar surface area (TPSA) is 58.3 Å². The zero-order chi connectivity index (χ0) is 15.4. The monoisotopic (exact) mass is 320 g/mol. The van der Waals surface area contributed by atoms with Gasteiger partial charge >= 0.3 is 0 Å². The first-order chi connectivity index (χ1) is 10.7. The quantitative estimate of drug-likeness (QED) is 0.809. The summed E-state index contributed by atoms with van der Waals surface area (Å²) < 4.78 is 5.23. The lowest BCUT2D eigenvalue weighted by atomic mass is 10.1. The Balaban J connectivity index is 1.45. The van der Waals surface area contributed by atoms with Crippen LogP contribution >= 0.6 is 11.3 Å². The van der Waals surface area contributed by atoms with Gasteiger partial charge in [0.05, 0.1) is 11.3 Å². The molecular formula is C17H24N2O2S. The second-order valence-electron chi connectivity index (χ2n) is 6.20. The van der Waals surface area contributed by atoms with Gasteiger partial charge in [-0.3, -0.25) is 0 Å². The molecular weight excluding hydrogens is 296 g/mol. The number of nitrogens with zero attached hydrogens (tertiary/aromatic N) is 1. The predicted molar refractivity (Wildman–Crippen MR) is 87.9 cm³/mol. The first-order valence-electron chi connectivity index (χ1n) is 8.12. The molecule has 4 nitrogen and oxygen atoms in total. The van der Waals surface area contributed by atoms with Crippen molar-refractivity contribution in [2.75, 3.05) is 0 Å². The van der Waals surface area contributed by atoms with Crippen LogP contribution in [-0.2, 0) is 6.54 Å². The van der Waals surface area contributed by atoms with Crippen LogP contribution in [-0.4, -0.2) is 16.1 Å². The third-order valence-electron chi connectivity index (χ3n) is 4.35. The zero-order valence-electron chi connectivity index (χ0n) is 13.0. The fourth-order valence-electron chi connectivity index (χ4n) is 3.06. The van der Waals surface area contributed by atoms with E-state index in [1.54, 1.807) is 12.3 Å². The summed E-state index contributed by atoms with van der Waals surface area (Å²) in [7, 11) is 0. The largest absolute Gasteiger partial charge is 0.467 e. The Morgan fingerprint density at radius 3 is 3.00 bits per heavy atom. The normalized spacial score (nSPS) is 18.6. The highest BCUT2D eigenvalue weighted by Gasteiger charge is 2.20. The van der Waals surface area contributed by atoms with Gasteiger partial charge in [-0.15, -0.1) is 11.3 Å². The third-order valence-corrected chi connectivity index (χ3v) is 5.51.